The van der Waals surface area contributed by atoms with E-state index in [0.717, 1.165) is 27.4 Å². The summed E-state index contributed by atoms with van der Waals surface area (Å²) in [6.07, 6.45) is 2.34. The molecule has 6 nitrogen and oxygen atoms in total. The van der Waals surface area contributed by atoms with Crippen molar-refractivity contribution < 1.29 is 17.4 Å². The molecule has 0 fully saturated rings. The van der Waals surface area contributed by atoms with Gasteiger partial charge in [-0.25, -0.2) is 17.0 Å². The summed E-state index contributed by atoms with van der Waals surface area (Å²) in [6, 6.07) is 8.55. The molecule has 2 aromatic rings. The largest absolute Gasteiger partial charge is 0.287 e. The molecule has 0 unspecified atom stereocenters. The Kier molecular flexibility index (Phi) is 4.34. The van der Waals surface area contributed by atoms with E-state index in [1.54, 1.807) is 35.7 Å². The summed E-state index contributed by atoms with van der Waals surface area (Å²) in [7, 11) is -5.50. The van der Waals surface area contributed by atoms with Crippen LogP contribution in [0.25, 0.3) is 0 Å². The summed E-state index contributed by atoms with van der Waals surface area (Å²) in [6.45, 7) is 1.90. The number of sulfonamides is 1. The number of hydrogen-bond donors (Lipinski definition) is 0. The van der Waals surface area contributed by atoms with E-state index in [0.29, 0.717) is 15.5 Å². The van der Waals surface area contributed by atoms with Gasteiger partial charge in [-0.15, -0.1) is 11.3 Å². The summed E-state index contributed by atoms with van der Waals surface area (Å²) in [5.74, 6) is -0.619. The van der Waals surface area contributed by atoms with Crippen LogP contribution in [-0.4, -0.2) is 31.7 Å². The lowest BCUT2D eigenvalue weighted by Gasteiger charge is -2.24. The van der Waals surface area contributed by atoms with Gasteiger partial charge in [0.2, 0.25) is 5.78 Å². The first-order valence-electron chi connectivity index (χ1n) is 7.24. The molecule has 0 saturated carbocycles. The molecule has 132 valence electrons. The highest BCUT2D eigenvalue weighted by molar-refractivity contribution is 7.98. The summed E-state index contributed by atoms with van der Waals surface area (Å²) >= 11 is 1.16. The van der Waals surface area contributed by atoms with Crippen LogP contribution in [0.15, 0.2) is 56.1 Å². The lowest BCUT2D eigenvalue weighted by Crippen LogP contribution is -2.35. The van der Waals surface area contributed by atoms with Gasteiger partial charge in [-0.05, 0) is 30.5 Å². The highest BCUT2D eigenvalue weighted by Gasteiger charge is 2.39. The first-order chi connectivity index (χ1) is 11.6. The average molecular weight is 397 g/mol. The van der Waals surface area contributed by atoms with Crippen molar-refractivity contribution in [1.29, 1.82) is 0 Å². The Bertz CT molecular complexity index is 1100. The van der Waals surface area contributed by atoms with Gasteiger partial charge in [0.15, 0.2) is 4.91 Å². The Balaban J connectivity index is 2.13. The van der Waals surface area contributed by atoms with E-state index >= 15 is 0 Å². The first-order valence-corrected chi connectivity index (χ1v) is 11.5. The Morgan fingerprint density at radius 1 is 1.20 bits per heavy atom. The molecule has 1 aromatic heterocycles. The maximum atomic E-state index is 12.8. The second-order valence-electron chi connectivity index (χ2n) is 5.65. The van der Waals surface area contributed by atoms with Crippen molar-refractivity contribution in [3.63, 3.8) is 0 Å². The van der Waals surface area contributed by atoms with Gasteiger partial charge >= 0.3 is 0 Å². The molecule has 2 heterocycles. The lowest BCUT2D eigenvalue weighted by molar-refractivity contribution is 0.104. The molecule has 0 radical (unpaired) electrons. The number of fused-ring (bicyclic) bond motifs is 1. The van der Waals surface area contributed by atoms with Gasteiger partial charge in [0.05, 0.1) is 21.6 Å². The number of hydrogen-bond acceptors (Lipinski definition) is 6. The number of anilines is 1. The van der Waals surface area contributed by atoms with E-state index in [4.69, 9.17) is 0 Å². The summed E-state index contributed by atoms with van der Waals surface area (Å²) < 4.78 is 43.0. The van der Waals surface area contributed by atoms with Crippen LogP contribution in [0.3, 0.4) is 0 Å². The van der Waals surface area contributed by atoms with Crippen molar-refractivity contribution in [3.05, 3.63) is 57.3 Å². The number of carbonyl (C=O) groups is 1. The second-order valence-corrected chi connectivity index (χ2v) is 10.8. The standard InChI is InChI=1S/C16H16N2O4S3/c1-11-4-6-12(7-5-11)24(3,20)17-10-14-15(19)16-13(8-9-23-16)18(2)25(14,21)22/h4-10H,1-3H3/b14-10+/t24-/m0/s1. The van der Waals surface area contributed by atoms with Crippen molar-refractivity contribution >= 4 is 42.6 Å². The van der Waals surface area contributed by atoms with Crippen LogP contribution in [0.5, 0.6) is 0 Å². The SMILES string of the molecule is Cc1ccc([S@](C)(=O)=N/C=C2\C(=O)c3sccc3N(C)S2(=O)=O)cc1. The topological polar surface area (TPSA) is 83.9 Å². The second kappa shape index (κ2) is 6.08. The van der Waals surface area contributed by atoms with Gasteiger partial charge in [0, 0.05) is 18.2 Å². The van der Waals surface area contributed by atoms with E-state index in [-0.39, 0.29) is 0 Å². The van der Waals surface area contributed by atoms with Crippen LogP contribution < -0.4 is 4.31 Å². The highest BCUT2D eigenvalue weighted by Crippen LogP contribution is 2.37. The zero-order chi connectivity index (χ0) is 18.4. The Morgan fingerprint density at radius 2 is 1.84 bits per heavy atom. The maximum absolute atomic E-state index is 12.8. The molecule has 0 bridgehead atoms. The lowest BCUT2D eigenvalue weighted by atomic mass is 10.2. The number of Topliss-reactive ketones (excluding diaryl/α,β-unsaturated/α-hetero) is 1. The van der Waals surface area contributed by atoms with E-state index in [2.05, 4.69) is 4.36 Å². The number of benzene rings is 1. The number of carbonyl (C=O) groups excluding carboxylic acids is 1. The normalized spacial score (nSPS) is 20.2. The zero-order valence-corrected chi connectivity index (χ0v) is 16.2. The van der Waals surface area contributed by atoms with Crippen LogP contribution in [-0.2, 0) is 19.8 Å². The van der Waals surface area contributed by atoms with Crippen LogP contribution in [0.4, 0.5) is 5.69 Å². The molecule has 1 atom stereocenters. The molecule has 0 N–H and O–H groups in total. The average Bonchev–Trinajstić information content (AvgIpc) is 3.03. The zero-order valence-electron chi connectivity index (χ0n) is 13.8. The first kappa shape index (κ1) is 17.8. The van der Waals surface area contributed by atoms with Crippen molar-refractivity contribution in [1.82, 2.24) is 0 Å². The van der Waals surface area contributed by atoms with Gasteiger partial charge in [0.25, 0.3) is 10.0 Å². The molecule has 1 aliphatic heterocycles. The number of aryl methyl sites for hydroxylation is 1. The van der Waals surface area contributed by atoms with Gasteiger partial charge in [-0.3, -0.25) is 9.10 Å². The van der Waals surface area contributed by atoms with Crippen LogP contribution >= 0.6 is 11.3 Å². The summed E-state index contributed by atoms with van der Waals surface area (Å²) in [5.41, 5.74) is 1.36. The maximum Gasteiger partial charge on any atom is 0.269 e. The van der Waals surface area contributed by atoms with Crippen LogP contribution in [0.2, 0.25) is 0 Å². The molecule has 3 rings (SSSR count). The van der Waals surface area contributed by atoms with Crippen molar-refractivity contribution in [2.24, 2.45) is 4.36 Å². The van der Waals surface area contributed by atoms with Crippen molar-refractivity contribution in [2.45, 2.75) is 11.8 Å². The third kappa shape index (κ3) is 3.03. The minimum atomic E-state index is -4.01. The van der Waals surface area contributed by atoms with Gasteiger partial charge in [-0.2, -0.15) is 0 Å². The van der Waals surface area contributed by atoms with E-state index in [1.165, 1.54) is 13.3 Å². The fraction of sp³-hybridized carbons (Fsp3) is 0.188. The number of ketones is 1. The number of nitrogens with zero attached hydrogens (tertiary/aromatic N) is 2. The number of allylic oxidation sites excluding steroid dienone is 1. The minimum Gasteiger partial charge on any atom is -0.287 e. The number of thiophene rings is 1. The van der Waals surface area contributed by atoms with Gasteiger partial charge < -0.3 is 0 Å². The molecule has 0 amide bonds. The molecule has 25 heavy (non-hydrogen) atoms. The summed E-state index contributed by atoms with van der Waals surface area (Å²) in [4.78, 5) is 12.9. The van der Waals surface area contributed by atoms with Crippen LogP contribution in [0.1, 0.15) is 15.2 Å². The molecule has 9 heteroatoms. The smallest absolute Gasteiger partial charge is 0.269 e. The fourth-order valence-corrected chi connectivity index (χ4v) is 5.71. The van der Waals surface area contributed by atoms with E-state index in [1.807, 2.05) is 6.92 Å². The highest BCUT2D eigenvalue weighted by atomic mass is 32.2. The molecule has 0 saturated heterocycles. The van der Waals surface area contributed by atoms with E-state index in [9.17, 15) is 17.4 Å². The minimum absolute atomic E-state index is 0.330. The predicted octanol–water partition coefficient (Wildman–Crippen LogP) is 3.02. The van der Waals surface area contributed by atoms with Gasteiger partial charge in [0.1, 0.15) is 4.88 Å². The molecule has 0 aliphatic carbocycles. The van der Waals surface area contributed by atoms with Crippen LogP contribution in [0, 0.1) is 6.92 Å². The molecule has 1 aromatic carbocycles. The third-order valence-electron chi connectivity index (χ3n) is 3.88. The fourth-order valence-electron chi connectivity index (χ4n) is 2.35. The third-order valence-corrected chi connectivity index (χ3v) is 8.20. The quantitative estimate of drug-likeness (QED) is 0.731. The Morgan fingerprint density at radius 3 is 2.48 bits per heavy atom. The molecular formula is C16H16N2O4S3. The Hall–Kier alpha value is -1.97. The molecular weight excluding hydrogens is 380 g/mol. The van der Waals surface area contributed by atoms with Crippen molar-refractivity contribution in [3.8, 4) is 0 Å². The number of rotatable bonds is 2. The molecule has 1 aliphatic rings. The van der Waals surface area contributed by atoms with Gasteiger partial charge in [-0.1, -0.05) is 17.7 Å². The van der Waals surface area contributed by atoms with Crippen molar-refractivity contribution in [2.75, 3.05) is 17.6 Å². The monoisotopic (exact) mass is 396 g/mol. The summed E-state index contributed by atoms with van der Waals surface area (Å²) in [5, 5.41) is 1.66. The predicted molar refractivity (Wildman–Crippen MR) is 100.0 cm³/mol. The molecule has 0 spiro atoms. The van der Waals surface area contributed by atoms with E-state index < -0.39 is 30.4 Å². The Labute approximate surface area is 151 Å².